The molecule has 33 heavy (non-hydrogen) atoms. The summed E-state index contributed by atoms with van der Waals surface area (Å²) in [6.07, 6.45) is 0.376. The van der Waals surface area contributed by atoms with Crippen LogP contribution >= 0.6 is 11.3 Å². The number of thiophene rings is 1. The van der Waals surface area contributed by atoms with Crippen molar-refractivity contribution in [1.82, 2.24) is 4.90 Å². The molecule has 1 N–H and O–H groups in total. The molecule has 7 heteroatoms. The van der Waals surface area contributed by atoms with Gasteiger partial charge in [0, 0.05) is 35.6 Å². The van der Waals surface area contributed by atoms with E-state index in [0.29, 0.717) is 48.9 Å². The van der Waals surface area contributed by atoms with Crippen LogP contribution in [0.3, 0.4) is 0 Å². The number of Topliss-reactive ketones (excluding diaryl/α,β-unsaturated/α-hetero) is 1. The quantitative estimate of drug-likeness (QED) is 0.363. The van der Waals surface area contributed by atoms with E-state index in [-0.39, 0.29) is 11.7 Å². The van der Waals surface area contributed by atoms with Gasteiger partial charge in [0.2, 0.25) is 5.91 Å². The lowest BCUT2D eigenvalue weighted by atomic mass is 10.1. The number of amides is 1. The van der Waals surface area contributed by atoms with Gasteiger partial charge in [0.15, 0.2) is 17.3 Å². The largest absolute Gasteiger partial charge is 0.493 e. The summed E-state index contributed by atoms with van der Waals surface area (Å²) in [6, 6.07) is 17.0. The molecule has 0 atom stereocenters. The monoisotopic (exact) mass is 466 g/mol. The molecule has 0 saturated heterocycles. The fourth-order valence-corrected chi connectivity index (χ4v) is 3.97. The molecule has 3 aromatic rings. The maximum absolute atomic E-state index is 12.4. The van der Waals surface area contributed by atoms with Crippen LogP contribution in [0.15, 0.2) is 60.0 Å². The van der Waals surface area contributed by atoms with Gasteiger partial charge in [-0.3, -0.25) is 14.5 Å². The number of carbonyl (C=O) groups is 2. The Morgan fingerprint density at radius 3 is 2.48 bits per heavy atom. The maximum Gasteiger partial charge on any atom is 0.225 e. The van der Waals surface area contributed by atoms with Gasteiger partial charge in [-0.05, 0) is 66.9 Å². The van der Waals surface area contributed by atoms with Crippen molar-refractivity contribution in [3.8, 4) is 11.5 Å². The number of hydrogen-bond acceptors (Lipinski definition) is 6. The second-order valence-electron chi connectivity index (χ2n) is 7.65. The fourth-order valence-electron chi connectivity index (χ4n) is 3.35. The number of ketones is 1. The number of nitrogens with one attached hydrogen (secondary N) is 1. The molecule has 0 saturated carbocycles. The van der Waals surface area contributed by atoms with Crippen molar-refractivity contribution in [3.05, 3.63) is 76.0 Å². The molecule has 1 aromatic heterocycles. The number of anilines is 1. The molecule has 0 bridgehead atoms. The first-order valence-corrected chi connectivity index (χ1v) is 11.8. The highest BCUT2D eigenvalue weighted by molar-refractivity contribution is 7.09. The molecule has 1 amide bonds. The highest BCUT2D eigenvalue weighted by atomic mass is 32.1. The van der Waals surface area contributed by atoms with Crippen LogP contribution in [0.1, 0.15) is 41.1 Å². The first kappa shape index (κ1) is 24.5. The lowest BCUT2D eigenvalue weighted by molar-refractivity contribution is -0.116. The number of methoxy groups -OCH3 is 1. The third kappa shape index (κ3) is 7.44. The zero-order chi connectivity index (χ0) is 23.6. The minimum absolute atomic E-state index is 0.00481. The molecule has 0 fully saturated rings. The smallest absolute Gasteiger partial charge is 0.225 e. The van der Waals surface area contributed by atoms with E-state index in [2.05, 4.69) is 17.1 Å². The molecular formula is C26H30N2O4S. The van der Waals surface area contributed by atoms with Crippen molar-refractivity contribution < 1.29 is 19.1 Å². The van der Waals surface area contributed by atoms with Gasteiger partial charge in [-0.15, -0.1) is 11.3 Å². The van der Waals surface area contributed by atoms with Crippen molar-refractivity contribution in [2.75, 3.05) is 25.5 Å². The summed E-state index contributed by atoms with van der Waals surface area (Å²) in [6.45, 7) is 6.27. The number of rotatable bonds is 12. The first-order valence-electron chi connectivity index (χ1n) is 10.9. The summed E-state index contributed by atoms with van der Waals surface area (Å²) < 4.78 is 11.4. The number of carbonyl (C=O) groups excluding carboxylic acids is 2. The first-order chi connectivity index (χ1) is 16.0. The van der Waals surface area contributed by atoms with Gasteiger partial charge < -0.3 is 14.8 Å². The normalized spacial score (nSPS) is 10.8. The average molecular weight is 467 g/mol. The second-order valence-corrected chi connectivity index (χ2v) is 8.69. The summed E-state index contributed by atoms with van der Waals surface area (Å²) in [5.74, 6) is 1.36. The number of benzene rings is 2. The molecule has 3 rings (SSSR count). The molecule has 0 aliphatic carbocycles. The van der Waals surface area contributed by atoms with Gasteiger partial charge in [0.25, 0.3) is 0 Å². The molecule has 174 valence electrons. The van der Waals surface area contributed by atoms with Crippen LogP contribution in [-0.2, 0) is 17.9 Å². The topological polar surface area (TPSA) is 67.9 Å². The van der Waals surface area contributed by atoms with Gasteiger partial charge >= 0.3 is 0 Å². The highest BCUT2D eigenvalue weighted by Gasteiger charge is 2.12. The fraction of sp³-hybridized carbons (Fsp3) is 0.308. The van der Waals surface area contributed by atoms with Crippen LogP contribution in [0.5, 0.6) is 11.5 Å². The van der Waals surface area contributed by atoms with Gasteiger partial charge in [0.1, 0.15) is 6.61 Å². The van der Waals surface area contributed by atoms with E-state index >= 15 is 0 Å². The predicted octanol–water partition coefficient (Wildman–Crippen LogP) is 5.39. The minimum Gasteiger partial charge on any atom is -0.493 e. The predicted molar refractivity (Wildman–Crippen MR) is 132 cm³/mol. The van der Waals surface area contributed by atoms with Crippen LogP contribution in [0.25, 0.3) is 0 Å². The van der Waals surface area contributed by atoms with Gasteiger partial charge in [0.05, 0.1) is 7.11 Å². The van der Waals surface area contributed by atoms with Crippen molar-refractivity contribution in [2.24, 2.45) is 0 Å². The third-order valence-electron chi connectivity index (χ3n) is 5.26. The summed E-state index contributed by atoms with van der Waals surface area (Å²) in [5, 5.41) is 4.92. The van der Waals surface area contributed by atoms with E-state index in [0.717, 1.165) is 17.0 Å². The van der Waals surface area contributed by atoms with Crippen LogP contribution in [0.4, 0.5) is 5.69 Å². The SMILES string of the molecule is CCN(CCC(=O)Nc1ccc(C(C)=O)cc1)Cc1ccc(OCc2cccs2)c(OC)c1. The van der Waals surface area contributed by atoms with Crippen LogP contribution < -0.4 is 14.8 Å². The highest BCUT2D eigenvalue weighted by Crippen LogP contribution is 2.29. The van der Waals surface area contributed by atoms with Crippen molar-refractivity contribution in [3.63, 3.8) is 0 Å². The Bertz CT molecular complexity index is 1050. The Balaban J connectivity index is 1.51. The van der Waals surface area contributed by atoms with Crippen molar-refractivity contribution in [2.45, 2.75) is 33.4 Å². The summed E-state index contributed by atoms with van der Waals surface area (Å²) in [5.41, 5.74) is 2.41. The average Bonchev–Trinajstić information content (AvgIpc) is 3.34. The molecule has 0 aliphatic rings. The molecule has 6 nitrogen and oxygen atoms in total. The third-order valence-corrected chi connectivity index (χ3v) is 6.11. The molecule has 0 aliphatic heterocycles. The number of nitrogens with zero attached hydrogens (tertiary/aromatic N) is 1. The second kappa shape index (κ2) is 12.2. The van der Waals surface area contributed by atoms with Crippen LogP contribution in [0.2, 0.25) is 0 Å². The van der Waals surface area contributed by atoms with Gasteiger partial charge in [-0.2, -0.15) is 0 Å². The van der Waals surface area contributed by atoms with E-state index in [1.807, 2.05) is 35.7 Å². The molecule has 1 heterocycles. The van der Waals surface area contributed by atoms with E-state index < -0.39 is 0 Å². The Labute approximate surface area is 199 Å². The summed E-state index contributed by atoms with van der Waals surface area (Å²) in [4.78, 5) is 27.1. The van der Waals surface area contributed by atoms with E-state index in [4.69, 9.17) is 9.47 Å². The molecule has 0 unspecified atom stereocenters. The van der Waals surface area contributed by atoms with Crippen molar-refractivity contribution in [1.29, 1.82) is 0 Å². The lowest BCUT2D eigenvalue weighted by Crippen LogP contribution is -2.27. The number of ether oxygens (including phenoxy) is 2. The summed E-state index contributed by atoms with van der Waals surface area (Å²) >= 11 is 1.66. The molecule has 0 radical (unpaired) electrons. The van der Waals surface area contributed by atoms with Crippen LogP contribution in [0, 0.1) is 0 Å². The Hall–Kier alpha value is -3.16. The Morgan fingerprint density at radius 1 is 1.06 bits per heavy atom. The van der Waals surface area contributed by atoms with E-state index in [1.54, 1.807) is 42.7 Å². The number of hydrogen-bond donors (Lipinski definition) is 1. The van der Waals surface area contributed by atoms with E-state index in [1.165, 1.54) is 6.92 Å². The van der Waals surface area contributed by atoms with Gasteiger partial charge in [-0.25, -0.2) is 0 Å². The Morgan fingerprint density at radius 2 is 1.85 bits per heavy atom. The van der Waals surface area contributed by atoms with Gasteiger partial charge in [-0.1, -0.05) is 19.1 Å². The van der Waals surface area contributed by atoms with Crippen LogP contribution in [-0.4, -0.2) is 36.8 Å². The molecule has 2 aromatic carbocycles. The zero-order valence-electron chi connectivity index (χ0n) is 19.3. The van der Waals surface area contributed by atoms with Crippen molar-refractivity contribution >= 4 is 28.7 Å². The minimum atomic E-state index is -0.0565. The van der Waals surface area contributed by atoms with E-state index in [9.17, 15) is 9.59 Å². The maximum atomic E-state index is 12.4. The standard InChI is InChI=1S/C26H30N2O4S/c1-4-28(14-13-26(30)27-22-10-8-21(9-11-22)19(2)29)17-20-7-12-24(25(16-20)31-3)32-18-23-6-5-15-33-23/h5-12,15-16H,4,13-14,17-18H2,1-3H3,(H,27,30). The molecular weight excluding hydrogens is 436 g/mol. The summed E-state index contributed by atoms with van der Waals surface area (Å²) in [7, 11) is 1.64. The molecule has 0 spiro atoms. The Kier molecular flexibility index (Phi) is 9.04. The zero-order valence-corrected chi connectivity index (χ0v) is 20.1. The lowest BCUT2D eigenvalue weighted by Gasteiger charge is -2.21.